The molecule has 2 aliphatic rings. The number of ether oxygens (including phenoxy) is 1. The van der Waals surface area contributed by atoms with E-state index in [4.69, 9.17) is 5.11 Å². The van der Waals surface area contributed by atoms with Gasteiger partial charge in [0.05, 0.1) is 13.2 Å². The SMILES string of the molecule is COC1=CC(=O)N=N1.O=C1C=C(C(=O)O)N=N1. The third-order valence-corrected chi connectivity index (χ3v) is 1.44. The van der Waals surface area contributed by atoms with Crippen LogP contribution in [-0.2, 0) is 19.1 Å². The molecular formula is C8H6N4O5. The molecule has 9 nitrogen and oxygen atoms in total. The molecule has 0 radical (unpaired) electrons. The van der Waals surface area contributed by atoms with Crippen LogP contribution in [0, 0.1) is 0 Å². The van der Waals surface area contributed by atoms with Gasteiger partial charge in [0.2, 0.25) is 5.88 Å². The first-order chi connectivity index (χ1) is 8.02. The van der Waals surface area contributed by atoms with E-state index < -0.39 is 11.9 Å². The summed E-state index contributed by atoms with van der Waals surface area (Å²) in [6.07, 6.45) is 2.09. The number of carbonyl (C=O) groups excluding carboxylic acids is 2. The first kappa shape index (κ1) is 12.4. The number of carboxylic acid groups (broad SMARTS) is 1. The predicted molar refractivity (Wildman–Crippen MR) is 50.5 cm³/mol. The lowest BCUT2D eigenvalue weighted by atomic mass is 10.4. The number of amides is 2. The monoisotopic (exact) mass is 238 g/mol. The molecule has 1 N–H and O–H groups in total. The van der Waals surface area contributed by atoms with E-state index in [0.717, 1.165) is 6.08 Å². The van der Waals surface area contributed by atoms with Crippen molar-refractivity contribution in [2.75, 3.05) is 7.11 Å². The summed E-state index contributed by atoms with van der Waals surface area (Å²) >= 11 is 0. The number of hydrogen-bond acceptors (Lipinski definition) is 6. The highest BCUT2D eigenvalue weighted by Gasteiger charge is 2.13. The van der Waals surface area contributed by atoms with Gasteiger partial charge in [0, 0.05) is 6.08 Å². The van der Waals surface area contributed by atoms with Crippen molar-refractivity contribution in [2.24, 2.45) is 20.5 Å². The molecule has 0 saturated heterocycles. The van der Waals surface area contributed by atoms with Crippen LogP contribution >= 0.6 is 0 Å². The molecule has 9 heteroatoms. The zero-order chi connectivity index (χ0) is 12.8. The van der Waals surface area contributed by atoms with Gasteiger partial charge in [-0.25, -0.2) is 4.79 Å². The second-order valence-corrected chi connectivity index (χ2v) is 2.60. The van der Waals surface area contributed by atoms with Gasteiger partial charge >= 0.3 is 5.97 Å². The van der Waals surface area contributed by atoms with Gasteiger partial charge in [-0.05, 0) is 0 Å². The number of rotatable bonds is 2. The van der Waals surface area contributed by atoms with Crippen LogP contribution < -0.4 is 0 Å². The fourth-order valence-electron chi connectivity index (χ4n) is 0.744. The molecule has 0 aromatic carbocycles. The fourth-order valence-corrected chi connectivity index (χ4v) is 0.744. The Morgan fingerprint density at radius 3 is 1.94 bits per heavy atom. The van der Waals surface area contributed by atoms with Gasteiger partial charge in [-0.3, -0.25) is 9.59 Å². The molecule has 0 saturated carbocycles. The summed E-state index contributed by atoms with van der Waals surface area (Å²) in [5.41, 5.74) is -0.306. The number of methoxy groups -OCH3 is 1. The Bertz CT molecular complexity index is 488. The van der Waals surface area contributed by atoms with Crippen molar-refractivity contribution >= 4 is 17.8 Å². The summed E-state index contributed by atoms with van der Waals surface area (Å²) in [6.45, 7) is 0. The number of azo groups is 2. The minimum Gasteiger partial charge on any atom is -0.480 e. The molecule has 0 fully saturated rings. The van der Waals surface area contributed by atoms with E-state index >= 15 is 0 Å². The van der Waals surface area contributed by atoms with Gasteiger partial charge in [0.25, 0.3) is 11.8 Å². The number of carbonyl (C=O) groups is 3. The molecule has 0 aromatic rings. The van der Waals surface area contributed by atoms with Crippen molar-refractivity contribution < 1.29 is 24.2 Å². The molecule has 88 valence electrons. The quantitative estimate of drug-likeness (QED) is 0.744. The van der Waals surface area contributed by atoms with Gasteiger partial charge < -0.3 is 9.84 Å². The summed E-state index contributed by atoms with van der Waals surface area (Å²) < 4.78 is 4.56. The summed E-state index contributed by atoms with van der Waals surface area (Å²) in [5, 5.41) is 20.7. The van der Waals surface area contributed by atoms with Crippen LogP contribution in [0.3, 0.4) is 0 Å². The fraction of sp³-hybridized carbons (Fsp3) is 0.125. The molecule has 0 bridgehead atoms. The zero-order valence-corrected chi connectivity index (χ0v) is 8.52. The van der Waals surface area contributed by atoms with Crippen LogP contribution in [0.15, 0.2) is 44.2 Å². The average Bonchev–Trinajstić information content (AvgIpc) is 2.88. The second-order valence-electron chi connectivity index (χ2n) is 2.60. The zero-order valence-electron chi connectivity index (χ0n) is 8.52. The maximum absolute atomic E-state index is 10.2. The number of nitrogens with zero attached hydrogens (tertiary/aromatic N) is 4. The summed E-state index contributed by atoms with van der Waals surface area (Å²) in [7, 11) is 1.43. The Morgan fingerprint density at radius 2 is 1.71 bits per heavy atom. The number of aliphatic carboxylic acids is 1. The third kappa shape index (κ3) is 3.74. The van der Waals surface area contributed by atoms with Crippen molar-refractivity contribution in [3.8, 4) is 0 Å². The van der Waals surface area contributed by atoms with E-state index in [1.807, 2.05) is 0 Å². The third-order valence-electron chi connectivity index (χ3n) is 1.44. The minimum atomic E-state index is -1.23. The molecule has 0 aliphatic carbocycles. The Kier molecular flexibility index (Phi) is 3.92. The average molecular weight is 238 g/mol. The Labute approximate surface area is 94.2 Å². The lowest BCUT2D eigenvalue weighted by Gasteiger charge is -1.86. The molecule has 0 atom stereocenters. The largest absolute Gasteiger partial charge is 0.480 e. The first-order valence-corrected chi connectivity index (χ1v) is 4.15. The van der Waals surface area contributed by atoms with Crippen molar-refractivity contribution in [3.05, 3.63) is 23.7 Å². The Morgan fingerprint density at radius 1 is 1.12 bits per heavy atom. The summed E-state index contributed by atoms with van der Waals surface area (Å²) in [4.78, 5) is 30.3. The Balaban J connectivity index is 0.000000171. The van der Waals surface area contributed by atoms with Crippen molar-refractivity contribution in [3.63, 3.8) is 0 Å². The van der Waals surface area contributed by atoms with Crippen LogP contribution in [0.2, 0.25) is 0 Å². The summed E-state index contributed by atoms with van der Waals surface area (Å²) in [6, 6.07) is 0. The molecule has 2 rings (SSSR count). The molecule has 2 heterocycles. The number of carboxylic acids is 1. The lowest BCUT2D eigenvalue weighted by molar-refractivity contribution is -0.132. The van der Waals surface area contributed by atoms with Crippen LogP contribution in [0.4, 0.5) is 0 Å². The van der Waals surface area contributed by atoms with E-state index in [1.54, 1.807) is 0 Å². The highest BCUT2D eigenvalue weighted by atomic mass is 16.5. The molecule has 0 aromatic heterocycles. The Hall–Kier alpha value is -2.71. The van der Waals surface area contributed by atoms with Crippen molar-refractivity contribution in [1.82, 2.24) is 0 Å². The predicted octanol–water partition coefficient (Wildman–Crippen LogP) is 0.414. The van der Waals surface area contributed by atoms with Gasteiger partial charge in [0.15, 0.2) is 5.70 Å². The molecule has 17 heavy (non-hydrogen) atoms. The molecule has 0 unspecified atom stereocenters. The smallest absolute Gasteiger partial charge is 0.356 e. The van der Waals surface area contributed by atoms with E-state index in [-0.39, 0.29) is 17.5 Å². The highest BCUT2D eigenvalue weighted by molar-refractivity contribution is 6.00. The van der Waals surface area contributed by atoms with E-state index in [2.05, 4.69) is 25.2 Å². The van der Waals surface area contributed by atoms with Crippen LogP contribution in [0.5, 0.6) is 0 Å². The molecule has 2 aliphatic heterocycles. The summed E-state index contributed by atoms with van der Waals surface area (Å²) in [5.74, 6) is -1.94. The van der Waals surface area contributed by atoms with Crippen LogP contribution in [0.25, 0.3) is 0 Å². The number of hydrogen-bond donors (Lipinski definition) is 1. The standard InChI is InChI=1S/C4H2N2O3.C4H4N2O2/c7-3-1-2(4(8)9)5-6-3;1-8-4-2-3(7)5-6-4/h1H,(H,8,9);2H,1H3. The van der Waals surface area contributed by atoms with Gasteiger partial charge in [0.1, 0.15) is 0 Å². The van der Waals surface area contributed by atoms with Crippen LogP contribution in [-0.4, -0.2) is 30.0 Å². The van der Waals surface area contributed by atoms with E-state index in [1.165, 1.54) is 13.2 Å². The lowest BCUT2D eigenvalue weighted by Crippen LogP contribution is -1.95. The first-order valence-electron chi connectivity index (χ1n) is 4.15. The van der Waals surface area contributed by atoms with Crippen molar-refractivity contribution in [1.29, 1.82) is 0 Å². The molecule has 0 spiro atoms. The van der Waals surface area contributed by atoms with Crippen LogP contribution in [0.1, 0.15) is 0 Å². The normalized spacial score (nSPS) is 16.3. The maximum Gasteiger partial charge on any atom is 0.356 e. The second kappa shape index (κ2) is 5.39. The van der Waals surface area contributed by atoms with Gasteiger partial charge in [-0.1, -0.05) is 0 Å². The highest BCUT2D eigenvalue weighted by Crippen LogP contribution is 2.06. The van der Waals surface area contributed by atoms with E-state index in [9.17, 15) is 14.4 Å². The minimum absolute atomic E-state index is 0.273. The van der Waals surface area contributed by atoms with Crippen molar-refractivity contribution in [2.45, 2.75) is 0 Å². The maximum atomic E-state index is 10.2. The topological polar surface area (TPSA) is 130 Å². The van der Waals surface area contributed by atoms with Gasteiger partial charge in [-0.2, -0.15) is 0 Å². The molecular weight excluding hydrogens is 232 g/mol. The van der Waals surface area contributed by atoms with Gasteiger partial charge in [-0.15, -0.1) is 20.5 Å². The van der Waals surface area contributed by atoms with E-state index in [0.29, 0.717) is 0 Å². The molecule has 2 amide bonds.